The molecule has 4 rings (SSSR count). The van der Waals surface area contributed by atoms with Gasteiger partial charge in [-0.1, -0.05) is 32.4 Å². The summed E-state index contributed by atoms with van der Waals surface area (Å²) < 4.78 is 10.9. The van der Waals surface area contributed by atoms with E-state index < -0.39 is 0 Å². The molecular formula is C27H42O4. The average molecular weight is 431 g/mol. The molecule has 0 bridgehead atoms. The summed E-state index contributed by atoms with van der Waals surface area (Å²) in [5.41, 5.74) is 2.42. The first-order valence-corrected chi connectivity index (χ1v) is 12.7. The molecule has 0 spiro atoms. The summed E-state index contributed by atoms with van der Waals surface area (Å²) in [5.74, 6) is 3.19. The first kappa shape index (κ1) is 22.9. The summed E-state index contributed by atoms with van der Waals surface area (Å²) in [6.45, 7) is 11.0. The molecule has 4 nitrogen and oxygen atoms in total. The van der Waals surface area contributed by atoms with Crippen LogP contribution in [-0.4, -0.2) is 24.6 Å². The van der Waals surface area contributed by atoms with Crippen LogP contribution in [0.25, 0.3) is 0 Å². The molecule has 3 saturated carbocycles. The Balaban J connectivity index is 1.48. The van der Waals surface area contributed by atoms with Gasteiger partial charge in [-0.2, -0.15) is 0 Å². The van der Waals surface area contributed by atoms with E-state index in [4.69, 9.17) is 9.47 Å². The van der Waals surface area contributed by atoms with Crippen molar-refractivity contribution in [3.8, 4) is 0 Å². The molecule has 4 aliphatic carbocycles. The number of fused-ring (bicyclic) bond motifs is 5. The molecule has 0 aromatic carbocycles. The van der Waals surface area contributed by atoms with Gasteiger partial charge in [-0.25, -0.2) is 0 Å². The average Bonchev–Trinajstić information content (AvgIpc) is 3.05. The Morgan fingerprint density at radius 3 is 2.58 bits per heavy atom. The van der Waals surface area contributed by atoms with Gasteiger partial charge >= 0.3 is 11.9 Å². The van der Waals surface area contributed by atoms with Crippen LogP contribution in [0.1, 0.15) is 92.4 Å². The van der Waals surface area contributed by atoms with Gasteiger partial charge in [-0.15, -0.1) is 0 Å². The number of hydrogen-bond donors (Lipinski definition) is 0. The Bertz CT molecular complexity index is 742. The molecule has 0 aromatic rings. The SMILES string of the molecule is CC(=O)OCC[C@@H](C)[C@H]1CCC2C3CCC4C[C@H](OC(C)=O)CC[C@]4(C)C3=CC[C@@]21C. The van der Waals surface area contributed by atoms with Gasteiger partial charge in [0.1, 0.15) is 6.10 Å². The molecule has 3 fully saturated rings. The highest BCUT2D eigenvalue weighted by molar-refractivity contribution is 5.66. The van der Waals surface area contributed by atoms with Gasteiger partial charge in [-0.3, -0.25) is 9.59 Å². The Morgan fingerprint density at radius 1 is 1.10 bits per heavy atom. The molecule has 0 radical (unpaired) electrons. The van der Waals surface area contributed by atoms with E-state index >= 15 is 0 Å². The number of carbonyl (C=O) groups is 2. The van der Waals surface area contributed by atoms with Crippen molar-refractivity contribution in [1.29, 1.82) is 0 Å². The van der Waals surface area contributed by atoms with Crippen molar-refractivity contribution in [2.24, 2.45) is 40.4 Å². The van der Waals surface area contributed by atoms with Crippen molar-refractivity contribution in [2.75, 3.05) is 6.61 Å². The lowest BCUT2D eigenvalue weighted by Gasteiger charge is -2.57. The first-order chi connectivity index (χ1) is 14.6. The summed E-state index contributed by atoms with van der Waals surface area (Å²) >= 11 is 0. The topological polar surface area (TPSA) is 52.6 Å². The van der Waals surface area contributed by atoms with Crippen LogP contribution in [0.5, 0.6) is 0 Å². The molecule has 4 heteroatoms. The van der Waals surface area contributed by atoms with E-state index in [2.05, 4.69) is 26.8 Å². The zero-order valence-electron chi connectivity index (χ0n) is 20.2. The van der Waals surface area contributed by atoms with Crippen molar-refractivity contribution in [2.45, 2.75) is 98.5 Å². The predicted molar refractivity (Wildman–Crippen MR) is 121 cm³/mol. The van der Waals surface area contributed by atoms with Crippen molar-refractivity contribution in [3.63, 3.8) is 0 Å². The van der Waals surface area contributed by atoms with Gasteiger partial charge in [0.2, 0.25) is 0 Å². The highest BCUT2D eigenvalue weighted by Gasteiger charge is 2.57. The van der Waals surface area contributed by atoms with Crippen LogP contribution in [0.15, 0.2) is 11.6 Å². The lowest BCUT2D eigenvalue weighted by atomic mass is 9.48. The number of hydrogen-bond acceptors (Lipinski definition) is 4. The summed E-state index contributed by atoms with van der Waals surface area (Å²) in [5, 5.41) is 0. The highest BCUT2D eigenvalue weighted by Crippen LogP contribution is 2.66. The van der Waals surface area contributed by atoms with Gasteiger partial charge in [0.25, 0.3) is 0 Å². The molecule has 31 heavy (non-hydrogen) atoms. The molecule has 0 amide bonds. The van der Waals surface area contributed by atoms with E-state index in [1.807, 2.05) is 0 Å². The monoisotopic (exact) mass is 430 g/mol. The lowest BCUT2D eigenvalue weighted by Crippen LogP contribution is -2.49. The molecule has 3 unspecified atom stereocenters. The molecular weight excluding hydrogens is 388 g/mol. The second kappa shape index (κ2) is 8.56. The Labute approximate surface area is 188 Å². The number of allylic oxidation sites excluding steroid dienone is 2. The standard InChI is InChI=1S/C27H42O4/c1-17(12-15-30-18(2)28)23-8-9-24-22-7-6-20-16-21(31-19(3)29)10-13-26(20,4)25(22)11-14-27(23,24)5/h11,17,20-24H,6-10,12-16H2,1-5H3/t17-,20?,21-,22?,23-,24?,26+,27-/m1/s1. The zero-order chi connectivity index (χ0) is 22.4. The fourth-order valence-electron chi connectivity index (χ4n) is 8.39. The van der Waals surface area contributed by atoms with E-state index in [0.717, 1.165) is 43.4 Å². The van der Waals surface area contributed by atoms with Crippen LogP contribution in [0, 0.1) is 40.4 Å². The summed E-state index contributed by atoms with van der Waals surface area (Å²) in [7, 11) is 0. The molecule has 8 atom stereocenters. The normalized spacial score (nSPS) is 42.5. The maximum atomic E-state index is 11.5. The second-order valence-electron chi connectivity index (χ2n) is 11.6. The Morgan fingerprint density at radius 2 is 1.87 bits per heavy atom. The maximum Gasteiger partial charge on any atom is 0.302 e. The van der Waals surface area contributed by atoms with Gasteiger partial charge < -0.3 is 9.47 Å². The van der Waals surface area contributed by atoms with Crippen molar-refractivity contribution in [3.05, 3.63) is 11.6 Å². The Hall–Kier alpha value is -1.32. The molecule has 174 valence electrons. The summed E-state index contributed by atoms with van der Waals surface area (Å²) in [6.07, 6.45) is 13.4. The van der Waals surface area contributed by atoms with E-state index in [1.165, 1.54) is 39.0 Å². The van der Waals surface area contributed by atoms with Crippen molar-refractivity contribution >= 4 is 11.9 Å². The molecule has 0 aliphatic heterocycles. The Kier molecular flexibility index (Phi) is 6.31. The first-order valence-electron chi connectivity index (χ1n) is 12.7. The molecule has 0 N–H and O–H groups in total. The number of rotatable bonds is 5. The predicted octanol–water partition coefficient (Wildman–Crippen LogP) is 6.09. The summed E-state index contributed by atoms with van der Waals surface area (Å²) in [4.78, 5) is 22.6. The van der Waals surface area contributed by atoms with Crippen LogP contribution in [0.2, 0.25) is 0 Å². The fourth-order valence-corrected chi connectivity index (χ4v) is 8.39. The number of carbonyl (C=O) groups excluding carboxylic acids is 2. The van der Waals surface area contributed by atoms with Crippen LogP contribution >= 0.6 is 0 Å². The molecule has 0 saturated heterocycles. The largest absolute Gasteiger partial charge is 0.466 e. The van der Waals surface area contributed by atoms with E-state index in [0.29, 0.717) is 29.3 Å². The number of esters is 2. The van der Waals surface area contributed by atoms with Crippen molar-refractivity contribution in [1.82, 2.24) is 0 Å². The maximum absolute atomic E-state index is 11.5. The molecule has 0 heterocycles. The fraction of sp³-hybridized carbons (Fsp3) is 0.852. The van der Waals surface area contributed by atoms with Crippen LogP contribution in [0.4, 0.5) is 0 Å². The van der Waals surface area contributed by atoms with Crippen molar-refractivity contribution < 1.29 is 19.1 Å². The summed E-state index contributed by atoms with van der Waals surface area (Å²) in [6, 6.07) is 0. The third kappa shape index (κ3) is 4.09. The van der Waals surface area contributed by atoms with E-state index in [1.54, 1.807) is 12.5 Å². The van der Waals surface area contributed by atoms with Gasteiger partial charge in [0.05, 0.1) is 6.61 Å². The van der Waals surface area contributed by atoms with Gasteiger partial charge in [0, 0.05) is 13.8 Å². The van der Waals surface area contributed by atoms with E-state index in [9.17, 15) is 9.59 Å². The van der Waals surface area contributed by atoms with E-state index in [-0.39, 0.29) is 18.0 Å². The lowest BCUT2D eigenvalue weighted by molar-refractivity contribution is -0.151. The smallest absolute Gasteiger partial charge is 0.302 e. The minimum Gasteiger partial charge on any atom is -0.466 e. The quantitative estimate of drug-likeness (QED) is 0.391. The molecule has 4 aliphatic rings. The second-order valence-corrected chi connectivity index (χ2v) is 11.6. The third-order valence-corrected chi connectivity index (χ3v) is 9.95. The third-order valence-electron chi connectivity index (χ3n) is 9.95. The zero-order valence-corrected chi connectivity index (χ0v) is 20.2. The number of ether oxygens (including phenoxy) is 2. The highest BCUT2D eigenvalue weighted by atomic mass is 16.5. The van der Waals surface area contributed by atoms with Gasteiger partial charge in [-0.05, 0) is 98.2 Å². The molecule has 0 aromatic heterocycles. The minimum atomic E-state index is -0.165. The van der Waals surface area contributed by atoms with Crippen LogP contribution in [-0.2, 0) is 19.1 Å². The minimum absolute atomic E-state index is 0.121. The van der Waals surface area contributed by atoms with Gasteiger partial charge in [0.15, 0.2) is 0 Å². The van der Waals surface area contributed by atoms with Crippen LogP contribution in [0.3, 0.4) is 0 Å². The van der Waals surface area contributed by atoms with Crippen LogP contribution < -0.4 is 0 Å².